The number of nitrogens with zero attached hydrogens (tertiary/aromatic N) is 2. The highest BCUT2D eigenvalue weighted by molar-refractivity contribution is 5.90. The van der Waals surface area contributed by atoms with Crippen LogP contribution in [-0.4, -0.2) is 69.9 Å². The molecule has 0 aliphatic carbocycles. The minimum absolute atomic E-state index is 0.0000850. The Balaban J connectivity index is 2.71. The van der Waals surface area contributed by atoms with E-state index in [2.05, 4.69) is 0 Å². The van der Waals surface area contributed by atoms with Crippen molar-refractivity contribution >= 4 is 23.8 Å². The number of carbonyl (C=O) groups excluding carboxylic acids is 2. The highest BCUT2D eigenvalue weighted by Gasteiger charge is 2.28. The quantitative estimate of drug-likeness (QED) is 0.604. The molecule has 8 heteroatoms. The van der Waals surface area contributed by atoms with Gasteiger partial charge in [0.1, 0.15) is 19.6 Å². The second-order valence-electron chi connectivity index (χ2n) is 3.60. The lowest BCUT2D eigenvalue weighted by Gasteiger charge is -2.19. The molecule has 1 fully saturated rings. The molecule has 94 valence electrons. The van der Waals surface area contributed by atoms with Gasteiger partial charge in [0.05, 0.1) is 0 Å². The molecule has 0 unspecified atom stereocenters. The van der Waals surface area contributed by atoms with Crippen LogP contribution in [0.4, 0.5) is 0 Å². The summed E-state index contributed by atoms with van der Waals surface area (Å²) in [6.45, 7) is -1.42. The molecule has 0 spiro atoms. The SMILES string of the molecule is O=C(O)CN1CCC(=O)N(CC(=O)O)CC1=O. The summed E-state index contributed by atoms with van der Waals surface area (Å²) in [5.41, 5.74) is 0. The van der Waals surface area contributed by atoms with Crippen molar-refractivity contribution in [1.29, 1.82) is 0 Å². The van der Waals surface area contributed by atoms with Crippen LogP contribution in [0.3, 0.4) is 0 Å². The molecule has 0 radical (unpaired) electrons. The summed E-state index contributed by atoms with van der Waals surface area (Å²) in [7, 11) is 0. The van der Waals surface area contributed by atoms with Crippen molar-refractivity contribution in [3.8, 4) is 0 Å². The number of hydrogen-bond acceptors (Lipinski definition) is 4. The van der Waals surface area contributed by atoms with Crippen molar-refractivity contribution in [1.82, 2.24) is 9.80 Å². The van der Waals surface area contributed by atoms with Gasteiger partial charge in [0.15, 0.2) is 0 Å². The Morgan fingerprint density at radius 2 is 1.53 bits per heavy atom. The maximum absolute atomic E-state index is 11.6. The fourth-order valence-electron chi connectivity index (χ4n) is 1.50. The lowest BCUT2D eigenvalue weighted by Crippen LogP contribution is -2.41. The van der Waals surface area contributed by atoms with Gasteiger partial charge in [0.25, 0.3) is 0 Å². The van der Waals surface area contributed by atoms with Crippen molar-refractivity contribution < 1.29 is 29.4 Å². The molecule has 0 aromatic carbocycles. The van der Waals surface area contributed by atoms with Crippen molar-refractivity contribution in [2.75, 3.05) is 26.2 Å². The summed E-state index contributed by atoms with van der Waals surface area (Å²) < 4.78 is 0. The summed E-state index contributed by atoms with van der Waals surface area (Å²) >= 11 is 0. The third kappa shape index (κ3) is 3.74. The van der Waals surface area contributed by atoms with E-state index in [0.29, 0.717) is 0 Å². The third-order valence-electron chi connectivity index (χ3n) is 2.28. The van der Waals surface area contributed by atoms with Crippen LogP contribution in [0.2, 0.25) is 0 Å². The Hall–Kier alpha value is -2.12. The van der Waals surface area contributed by atoms with E-state index in [4.69, 9.17) is 10.2 Å². The van der Waals surface area contributed by atoms with Gasteiger partial charge in [-0.2, -0.15) is 0 Å². The molecule has 0 saturated carbocycles. The van der Waals surface area contributed by atoms with E-state index >= 15 is 0 Å². The largest absolute Gasteiger partial charge is 0.480 e. The summed E-state index contributed by atoms with van der Waals surface area (Å²) in [5, 5.41) is 17.1. The smallest absolute Gasteiger partial charge is 0.323 e. The molecule has 0 bridgehead atoms. The molecule has 2 amide bonds. The molecule has 0 aromatic heterocycles. The number of carboxylic acid groups (broad SMARTS) is 2. The predicted molar refractivity (Wildman–Crippen MR) is 53.0 cm³/mol. The molecular formula is C9H12N2O6. The third-order valence-corrected chi connectivity index (χ3v) is 2.28. The van der Waals surface area contributed by atoms with Gasteiger partial charge >= 0.3 is 11.9 Å². The molecule has 0 aromatic rings. The first-order chi connectivity index (χ1) is 7.90. The Morgan fingerprint density at radius 1 is 1.00 bits per heavy atom. The predicted octanol–water partition coefficient (Wildman–Crippen LogP) is -1.78. The number of aliphatic carboxylic acids is 2. The van der Waals surface area contributed by atoms with Gasteiger partial charge in [-0.1, -0.05) is 0 Å². The minimum Gasteiger partial charge on any atom is -0.480 e. The molecule has 1 heterocycles. The van der Waals surface area contributed by atoms with Crippen LogP contribution in [0.1, 0.15) is 6.42 Å². The molecule has 2 N–H and O–H groups in total. The van der Waals surface area contributed by atoms with E-state index in [1.54, 1.807) is 0 Å². The monoisotopic (exact) mass is 244 g/mol. The fourth-order valence-corrected chi connectivity index (χ4v) is 1.50. The molecule has 0 atom stereocenters. The summed E-state index contributed by atoms with van der Waals surface area (Å²) in [6, 6.07) is 0. The first-order valence-electron chi connectivity index (χ1n) is 4.89. The van der Waals surface area contributed by atoms with E-state index in [0.717, 1.165) is 9.80 Å². The van der Waals surface area contributed by atoms with Crippen molar-refractivity contribution in [3.05, 3.63) is 0 Å². The molecule has 17 heavy (non-hydrogen) atoms. The highest BCUT2D eigenvalue weighted by atomic mass is 16.4. The normalized spacial score (nSPS) is 16.9. The zero-order valence-corrected chi connectivity index (χ0v) is 8.96. The number of amides is 2. The van der Waals surface area contributed by atoms with Crippen LogP contribution in [0, 0.1) is 0 Å². The maximum atomic E-state index is 11.6. The Morgan fingerprint density at radius 3 is 2.06 bits per heavy atom. The number of carbonyl (C=O) groups is 4. The second kappa shape index (κ2) is 5.28. The van der Waals surface area contributed by atoms with E-state index < -0.39 is 43.4 Å². The first-order valence-corrected chi connectivity index (χ1v) is 4.89. The standard InChI is InChI=1S/C9H12N2O6/c12-6-1-2-10(4-8(14)15)7(13)3-11(6)5-9(16)17/h1-5H2,(H,14,15)(H,16,17). The lowest BCUT2D eigenvalue weighted by atomic mass is 10.3. The minimum atomic E-state index is -1.21. The summed E-state index contributed by atoms with van der Waals surface area (Å²) in [6.07, 6.45) is -0.0632. The highest BCUT2D eigenvalue weighted by Crippen LogP contribution is 2.05. The van der Waals surface area contributed by atoms with Crippen molar-refractivity contribution in [3.63, 3.8) is 0 Å². The second-order valence-corrected chi connectivity index (χ2v) is 3.60. The number of rotatable bonds is 4. The van der Waals surface area contributed by atoms with Crippen molar-refractivity contribution in [2.45, 2.75) is 6.42 Å². The number of carboxylic acids is 2. The van der Waals surface area contributed by atoms with Crippen LogP contribution in [0.25, 0.3) is 0 Å². The average molecular weight is 244 g/mol. The Labute approximate surface area is 96.4 Å². The Kier molecular flexibility index (Phi) is 4.02. The van der Waals surface area contributed by atoms with E-state index in [-0.39, 0.29) is 13.0 Å². The Bertz CT molecular complexity index is 366. The zero-order chi connectivity index (χ0) is 13.0. The van der Waals surface area contributed by atoms with Crippen LogP contribution in [-0.2, 0) is 19.2 Å². The van der Waals surface area contributed by atoms with Gasteiger partial charge < -0.3 is 20.0 Å². The molecular weight excluding hydrogens is 232 g/mol. The average Bonchev–Trinajstić information content (AvgIpc) is 2.31. The van der Waals surface area contributed by atoms with Gasteiger partial charge in [0, 0.05) is 13.0 Å². The lowest BCUT2D eigenvalue weighted by molar-refractivity contribution is -0.147. The maximum Gasteiger partial charge on any atom is 0.323 e. The van der Waals surface area contributed by atoms with Crippen molar-refractivity contribution in [2.24, 2.45) is 0 Å². The molecule has 1 saturated heterocycles. The zero-order valence-electron chi connectivity index (χ0n) is 8.96. The van der Waals surface area contributed by atoms with Crippen LogP contribution in [0.15, 0.2) is 0 Å². The van der Waals surface area contributed by atoms with Gasteiger partial charge in [0.2, 0.25) is 11.8 Å². The van der Waals surface area contributed by atoms with E-state index in [1.165, 1.54) is 0 Å². The topological polar surface area (TPSA) is 115 Å². The molecule has 1 aliphatic rings. The van der Waals surface area contributed by atoms with Crippen LogP contribution >= 0.6 is 0 Å². The molecule has 1 aliphatic heterocycles. The summed E-state index contributed by atoms with van der Waals surface area (Å²) in [4.78, 5) is 45.9. The fraction of sp³-hybridized carbons (Fsp3) is 0.556. The molecule has 8 nitrogen and oxygen atoms in total. The summed E-state index contributed by atoms with van der Waals surface area (Å²) in [5.74, 6) is -3.40. The van der Waals surface area contributed by atoms with Gasteiger partial charge in [-0.15, -0.1) is 0 Å². The van der Waals surface area contributed by atoms with E-state index in [9.17, 15) is 19.2 Å². The van der Waals surface area contributed by atoms with Gasteiger partial charge in [-0.05, 0) is 0 Å². The van der Waals surface area contributed by atoms with Gasteiger partial charge in [-0.25, -0.2) is 0 Å². The van der Waals surface area contributed by atoms with E-state index in [1.807, 2.05) is 0 Å². The number of hydrogen-bond donors (Lipinski definition) is 2. The molecule has 1 rings (SSSR count). The first kappa shape index (κ1) is 12.9. The van der Waals surface area contributed by atoms with Gasteiger partial charge in [-0.3, -0.25) is 19.2 Å². The van der Waals surface area contributed by atoms with Crippen LogP contribution < -0.4 is 0 Å². The van der Waals surface area contributed by atoms with Crippen LogP contribution in [0.5, 0.6) is 0 Å².